The predicted octanol–water partition coefficient (Wildman–Crippen LogP) is 2.20. The van der Waals surface area contributed by atoms with E-state index in [1.807, 2.05) is 13.8 Å². The number of anilines is 1. The van der Waals surface area contributed by atoms with Gasteiger partial charge in [-0.1, -0.05) is 37.0 Å². The van der Waals surface area contributed by atoms with Crippen LogP contribution in [0.2, 0.25) is 10.0 Å². The minimum absolute atomic E-state index is 0.0483. The molecule has 20 heavy (non-hydrogen) atoms. The Hall–Kier alpha value is -0.530. The molecule has 1 rings (SSSR count). The van der Waals surface area contributed by atoms with Crippen LogP contribution in [0.15, 0.2) is 17.0 Å². The van der Waals surface area contributed by atoms with Crippen LogP contribution in [0.5, 0.6) is 0 Å². The maximum Gasteiger partial charge on any atom is 0.242 e. The third kappa shape index (κ3) is 4.23. The average Bonchev–Trinajstić information content (AvgIpc) is 2.40. The zero-order valence-electron chi connectivity index (χ0n) is 11.5. The van der Waals surface area contributed by atoms with Crippen molar-refractivity contribution >= 4 is 38.9 Å². The standard InChI is InChI=1S/C12H19Cl2N3O2S/c1-3-17(4-2)8-7-16-20(18,19)10-6-5-9(13)12(15)11(10)14/h5-6,16H,3-4,7-8,15H2,1-2H3. The number of benzene rings is 1. The molecule has 0 aliphatic rings. The number of hydrogen-bond acceptors (Lipinski definition) is 4. The minimum Gasteiger partial charge on any atom is -0.396 e. The van der Waals surface area contributed by atoms with Crippen molar-refractivity contribution in [1.29, 1.82) is 0 Å². The molecule has 0 radical (unpaired) electrons. The van der Waals surface area contributed by atoms with Crippen LogP contribution in [0.4, 0.5) is 5.69 Å². The monoisotopic (exact) mass is 339 g/mol. The summed E-state index contributed by atoms with van der Waals surface area (Å²) in [7, 11) is -3.69. The Morgan fingerprint density at radius 3 is 2.40 bits per heavy atom. The van der Waals surface area contributed by atoms with Crippen molar-refractivity contribution in [2.45, 2.75) is 18.7 Å². The zero-order chi connectivity index (χ0) is 15.3. The van der Waals surface area contributed by atoms with E-state index in [9.17, 15) is 8.42 Å². The number of likely N-dealkylation sites (N-methyl/N-ethyl adjacent to an activating group) is 1. The summed E-state index contributed by atoms with van der Waals surface area (Å²) >= 11 is 11.7. The lowest BCUT2D eigenvalue weighted by Gasteiger charge is -2.18. The van der Waals surface area contributed by atoms with Gasteiger partial charge in [0.25, 0.3) is 0 Å². The van der Waals surface area contributed by atoms with Gasteiger partial charge in [0.15, 0.2) is 0 Å². The molecule has 114 valence electrons. The second kappa shape index (κ2) is 7.47. The lowest BCUT2D eigenvalue weighted by molar-refractivity contribution is 0.309. The van der Waals surface area contributed by atoms with E-state index in [1.54, 1.807) is 0 Å². The molecule has 0 atom stereocenters. The summed E-state index contributed by atoms with van der Waals surface area (Å²) in [6.45, 7) is 6.72. The Morgan fingerprint density at radius 1 is 1.25 bits per heavy atom. The molecule has 3 N–H and O–H groups in total. The summed E-state index contributed by atoms with van der Waals surface area (Å²) in [5, 5.41) is 0.185. The summed E-state index contributed by atoms with van der Waals surface area (Å²) in [5.74, 6) is 0. The van der Waals surface area contributed by atoms with Gasteiger partial charge in [-0.25, -0.2) is 13.1 Å². The zero-order valence-corrected chi connectivity index (χ0v) is 13.8. The molecule has 1 aromatic rings. The van der Waals surface area contributed by atoms with Crippen LogP contribution in [-0.4, -0.2) is 39.5 Å². The number of sulfonamides is 1. The van der Waals surface area contributed by atoms with Crippen LogP contribution in [0.1, 0.15) is 13.8 Å². The highest BCUT2D eigenvalue weighted by Gasteiger charge is 2.20. The number of hydrogen-bond donors (Lipinski definition) is 2. The Morgan fingerprint density at radius 2 is 1.85 bits per heavy atom. The molecule has 0 aliphatic carbocycles. The summed E-state index contributed by atoms with van der Waals surface area (Å²) in [6.07, 6.45) is 0. The molecule has 0 heterocycles. The lowest BCUT2D eigenvalue weighted by atomic mass is 10.3. The lowest BCUT2D eigenvalue weighted by Crippen LogP contribution is -2.34. The third-order valence-corrected chi connectivity index (χ3v) is 5.35. The summed E-state index contributed by atoms with van der Waals surface area (Å²) in [6, 6.07) is 2.77. The number of nitrogens with two attached hydrogens (primary N) is 1. The third-order valence-electron chi connectivity index (χ3n) is 3.00. The number of nitrogens with one attached hydrogen (secondary N) is 1. The molecule has 5 nitrogen and oxygen atoms in total. The van der Waals surface area contributed by atoms with Crippen LogP contribution in [0, 0.1) is 0 Å². The van der Waals surface area contributed by atoms with Gasteiger partial charge in [-0.05, 0) is 25.2 Å². The summed E-state index contributed by atoms with van der Waals surface area (Å²) in [5.41, 5.74) is 5.70. The molecular formula is C12H19Cl2N3O2S. The first kappa shape index (κ1) is 17.5. The van der Waals surface area contributed by atoms with Crippen molar-refractivity contribution in [3.8, 4) is 0 Å². The first-order valence-electron chi connectivity index (χ1n) is 6.29. The molecular weight excluding hydrogens is 321 g/mol. The summed E-state index contributed by atoms with van der Waals surface area (Å²) in [4.78, 5) is 2.06. The topological polar surface area (TPSA) is 75.4 Å². The van der Waals surface area contributed by atoms with Gasteiger partial charge in [-0.15, -0.1) is 0 Å². The molecule has 0 aliphatic heterocycles. The maximum absolute atomic E-state index is 12.2. The molecule has 0 spiro atoms. The van der Waals surface area contributed by atoms with E-state index < -0.39 is 10.0 Å². The van der Waals surface area contributed by atoms with E-state index >= 15 is 0 Å². The van der Waals surface area contributed by atoms with E-state index in [0.29, 0.717) is 13.1 Å². The highest BCUT2D eigenvalue weighted by molar-refractivity contribution is 7.89. The van der Waals surface area contributed by atoms with E-state index in [-0.39, 0.29) is 20.6 Å². The molecule has 0 amide bonds. The van der Waals surface area contributed by atoms with Crippen molar-refractivity contribution in [1.82, 2.24) is 9.62 Å². The normalized spacial score (nSPS) is 12.1. The van der Waals surface area contributed by atoms with Gasteiger partial charge in [0.1, 0.15) is 4.90 Å². The Balaban J connectivity index is 2.82. The Bertz CT molecular complexity index is 560. The van der Waals surface area contributed by atoms with Crippen LogP contribution in [-0.2, 0) is 10.0 Å². The average molecular weight is 340 g/mol. The molecule has 1 aromatic carbocycles. The van der Waals surface area contributed by atoms with Crippen molar-refractivity contribution in [3.05, 3.63) is 22.2 Å². The second-order valence-corrected chi connectivity index (χ2v) is 6.72. The van der Waals surface area contributed by atoms with Crippen molar-refractivity contribution in [2.24, 2.45) is 0 Å². The van der Waals surface area contributed by atoms with E-state index in [1.165, 1.54) is 12.1 Å². The largest absolute Gasteiger partial charge is 0.396 e. The van der Waals surface area contributed by atoms with Gasteiger partial charge >= 0.3 is 0 Å². The number of nitrogens with zero attached hydrogens (tertiary/aromatic N) is 1. The molecule has 0 unspecified atom stereocenters. The molecule has 0 saturated carbocycles. The first-order chi connectivity index (χ1) is 9.33. The van der Waals surface area contributed by atoms with Gasteiger partial charge in [-0.2, -0.15) is 0 Å². The van der Waals surface area contributed by atoms with Gasteiger partial charge in [-0.3, -0.25) is 0 Å². The Kier molecular flexibility index (Phi) is 6.54. The first-order valence-corrected chi connectivity index (χ1v) is 8.52. The molecule has 0 fully saturated rings. The smallest absolute Gasteiger partial charge is 0.242 e. The van der Waals surface area contributed by atoms with E-state index in [0.717, 1.165) is 13.1 Å². The Labute approximate surface area is 130 Å². The van der Waals surface area contributed by atoms with Gasteiger partial charge in [0.05, 0.1) is 15.7 Å². The van der Waals surface area contributed by atoms with Gasteiger partial charge in [0, 0.05) is 13.1 Å². The molecule has 8 heteroatoms. The van der Waals surface area contributed by atoms with Crippen LogP contribution in [0.25, 0.3) is 0 Å². The maximum atomic E-state index is 12.2. The summed E-state index contributed by atoms with van der Waals surface area (Å²) < 4.78 is 26.8. The van der Waals surface area contributed by atoms with Gasteiger partial charge in [0.2, 0.25) is 10.0 Å². The van der Waals surface area contributed by atoms with E-state index in [2.05, 4.69) is 9.62 Å². The second-order valence-electron chi connectivity index (χ2n) is 4.20. The predicted molar refractivity (Wildman–Crippen MR) is 83.9 cm³/mol. The fraction of sp³-hybridized carbons (Fsp3) is 0.500. The molecule has 0 bridgehead atoms. The minimum atomic E-state index is -3.69. The van der Waals surface area contributed by atoms with Crippen LogP contribution in [0.3, 0.4) is 0 Å². The fourth-order valence-corrected chi connectivity index (χ4v) is 3.50. The van der Waals surface area contributed by atoms with Crippen molar-refractivity contribution < 1.29 is 8.42 Å². The SMILES string of the molecule is CCN(CC)CCNS(=O)(=O)c1ccc(Cl)c(N)c1Cl. The number of nitrogen functional groups attached to an aromatic ring is 1. The van der Waals surface area contributed by atoms with Crippen molar-refractivity contribution in [2.75, 3.05) is 31.9 Å². The van der Waals surface area contributed by atoms with Crippen LogP contribution < -0.4 is 10.5 Å². The number of rotatable bonds is 7. The molecule has 0 saturated heterocycles. The van der Waals surface area contributed by atoms with E-state index in [4.69, 9.17) is 28.9 Å². The number of halogens is 2. The van der Waals surface area contributed by atoms with Crippen LogP contribution >= 0.6 is 23.2 Å². The highest BCUT2D eigenvalue weighted by Crippen LogP contribution is 2.32. The molecule has 0 aromatic heterocycles. The van der Waals surface area contributed by atoms with Crippen molar-refractivity contribution in [3.63, 3.8) is 0 Å². The quantitative estimate of drug-likeness (QED) is 0.746. The van der Waals surface area contributed by atoms with Gasteiger partial charge < -0.3 is 10.6 Å². The highest BCUT2D eigenvalue weighted by atomic mass is 35.5. The fourth-order valence-electron chi connectivity index (χ4n) is 1.71.